The van der Waals surface area contributed by atoms with Crippen LogP contribution in [0.25, 0.3) is 39.0 Å². The maximum atomic E-state index is 2.32. The van der Waals surface area contributed by atoms with Gasteiger partial charge in [-0.1, -0.05) is 0 Å². The molecule has 4 heteroatoms. The zero-order chi connectivity index (χ0) is 15.2. The summed E-state index contributed by atoms with van der Waals surface area (Å²) in [5, 5.41) is 7.62. The lowest BCUT2D eigenvalue weighted by Gasteiger charge is -2.04. The summed E-state index contributed by atoms with van der Waals surface area (Å²) in [4.78, 5) is 0. The van der Waals surface area contributed by atoms with Crippen molar-refractivity contribution in [3.63, 3.8) is 0 Å². The number of thiophene rings is 4. The van der Waals surface area contributed by atoms with Crippen LogP contribution in [-0.2, 0) is 0 Å². The zero-order valence-electron chi connectivity index (χ0n) is 12.8. The first-order valence-electron chi connectivity index (χ1n) is 7.27. The van der Waals surface area contributed by atoms with Crippen molar-refractivity contribution < 1.29 is 0 Å². The van der Waals surface area contributed by atoms with Crippen molar-refractivity contribution in [3.8, 4) is 0 Å². The molecule has 0 N–H and O–H groups in total. The van der Waals surface area contributed by atoms with Crippen LogP contribution in [0.4, 0.5) is 0 Å². The summed E-state index contributed by atoms with van der Waals surface area (Å²) in [5.74, 6) is 0. The first-order valence-corrected chi connectivity index (χ1v) is 10.7. The maximum absolute atomic E-state index is 2.32. The minimum atomic E-state index is 1.43. The van der Waals surface area contributed by atoms with Gasteiger partial charge in [-0.3, -0.25) is 0 Å². The monoisotopic (exact) mass is 358 g/mol. The Morgan fingerprint density at radius 1 is 0.545 bits per heavy atom. The molecule has 0 aliphatic heterocycles. The molecule has 0 atom stereocenters. The number of rotatable bonds is 0. The Morgan fingerprint density at radius 2 is 0.955 bits per heavy atom. The lowest BCUT2D eigenvalue weighted by molar-refractivity contribution is 1.59. The zero-order valence-corrected chi connectivity index (χ0v) is 16.1. The van der Waals surface area contributed by atoms with Gasteiger partial charge in [-0.05, 0) is 60.7 Å². The molecule has 0 amide bonds. The number of aryl methyl sites for hydroxylation is 4. The van der Waals surface area contributed by atoms with Gasteiger partial charge >= 0.3 is 0 Å². The van der Waals surface area contributed by atoms with Gasteiger partial charge in [0.25, 0.3) is 0 Å². The standard InChI is InChI=1S/C18H14S4/c1-7-5-19-17-11-9(3)16-12(10(4)15(11)21-13(7)17)18-14(22-16)8(2)6-20-18/h5-6H,1-4H3. The van der Waals surface area contributed by atoms with Crippen molar-refractivity contribution in [2.24, 2.45) is 0 Å². The van der Waals surface area contributed by atoms with E-state index < -0.39 is 0 Å². The number of benzene rings is 1. The van der Waals surface area contributed by atoms with Gasteiger partial charge < -0.3 is 0 Å². The third-order valence-electron chi connectivity index (χ3n) is 4.58. The van der Waals surface area contributed by atoms with Gasteiger partial charge in [0.15, 0.2) is 0 Å². The summed E-state index contributed by atoms with van der Waals surface area (Å²) in [6, 6.07) is 0. The fourth-order valence-electron chi connectivity index (χ4n) is 3.41. The highest BCUT2D eigenvalue weighted by molar-refractivity contribution is 7.34. The Hall–Kier alpha value is -0.940. The summed E-state index contributed by atoms with van der Waals surface area (Å²) in [6.45, 7) is 9.12. The molecule has 0 saturated heterocycles. The lowest BCUT2D eigenvalue weighted by Crippen LogP contribution is -1.80. The predicted molar refractivity (Wildman–Crippen MR) is 107 cm³/mol. The molecule has 5 rings (SSSR count). The highest BCUT2D eigenvalue weighted by Crippen LogP contribution is 2.50. The molecule has 0 radical (unpaired) electrons. The van der Waals surface area contributed by atoms with E-state index in [1.807, 2.05) is 45.3 Å². The summed E-state index contributed by atoms with van der Waals surface area (Å²) in [6.07, 6.45) is 0. The van der Waals surface area contributed by atoms with Crippen LogP contribution >= 0.6 is 45.3 Å². The summed E-state index contributed by atoms with van der Waals surface area (Å²) in [7, 11) is 0. The van der Waals surface area contributed by atoms with Crippen molar-refractivity contribution >= 4 is 84.3 Å². The molecule has 5 aromatic rings. The maximum Gasteiger partial charge on any atom is 0.0535 e. The quantitative estimate of drug-likeness (QED) is 0.265. The van der Waals surface area contributed by atoms with E-state index in [4.69, 9.17) is 0 Å². The molecule has 0 unspecified atom stereocenters. The summed E-state index contributed by atoms with van der Waals surface area (Å²) >= 11 is 7.80. The largest absolute Gasteiger partial charge is 0.142 e. The van der Waals surface area contributed by atoms with Crippen LogP contribution in [0.2, 0.25) is 0 Å². The summed E-state index contributed by atoms with van der Waals surface area (Å²) in [5.41, 5.74) is 5.83. The highest BCUT2D eigenvalue weighted by atomic mass is 32.1. The number of hydrogen-bond acceptors (Lipinski definition) is 4. The van der Waals surface area contributed by atoms with Gasteiger partial charge in [0.1, 0.15) is 0 Å². The lowest BCUT2D eigenvalue weighted by atomic mass is 10.0. The SMILES string of the molecule is Cc1csc2c1sc1c(C)c3c(sc4c(C)csc43)c(C)c12. The van der Waals surface area contributed by atoms with Crippen molar-refractivity contribution in [2.45, 2.75) is 27.7 Å². The predicted octanol–water partition coefficient (Wildman–Crippen LogP) is 7.78. The Morgan fingerprint density at radius 3 is 1.36 bits per heavy atom. The minimum absolute atomic E-state index is 1.43. The molecule has 110 valence electrons. The van der Waals surface area contributed by atoms with E-state index in [1.54, 1.807) is 0 Å². The van der Waals surface area contributed by atoms with Gasteiger partial charge in [0.05, 0.1) is 9.40 Å². The Bertz CT molecular complexity index is 1110. The molecule has 1 aromatic carbocycles. The van der Waals surface area contributed by atoms with Gasteiger partial charge in [-0.25, -0.2) is 0 Å². The highest BCUT2D eigenvalue weighted by Gasteiger charge is 2.20. The van der Waals surface area contributed by atoms with Crippen LogP contribution in [-0.4, -0.2) is 0 Å². The second-order valence-electron chi connectivity index (χ2n) is 6.02. The van der Waals surface area contributed by atoms with Crippen LogP contribution in [0.1, 0.15) is 22.3 Å². The van der Waals surface area contributed by atoms with Crippen molar-refractivity contribution in [2.75, 3.05) is 0 Å². The smallest absolute Gasteiger partial charge is 0.0535 e. The topological polar surface area (TPSA) is 0 Å². The van der Waals surface area contributed by atoms with Gasteiger partial charge in [-0.15, -0.1) is 45.3 Å². The molecule has 22 heavy (non-hydrogen) atoms. The average molecular weight is 359 g/mol. The molecular weight excluding hydrogens is 344 g/mol. The molecule has 0 aliphatic rings. The molecule has 0 bridgehead atoms. The van der Waals surface area contributed by atoms with Crippen molar-refractivity contribution in [3.05, 3.63) is 33.0 Å². The van der Waals surface area contributed by atoms with E-state index in [0.29, 0.717) is 0 Å². The Kier molecular flexibility index (Phi) is 2.65. The van der Waals surface area contributed by atoms with Crippen LogP contribution < -0.4 is 0 Å². The van der Waals surface area contributed by atoms with Crippen molar-refractivity contribution in [1.82, 2.24) is 0 Å². The fourth-order valence-corrected chi connectivity index (χ4v) is 8.80. The van der Waals surface area contributed by atoms with E-state index in [0.717, 1.165) is 0 Å². The number of hydrogen-bond donors (Lipinski definition) is 0. The van der Waals surface area contributed by atoms with Gasteiger partial charge in [0, 0.05) is 29.6 Å². The van der Waals surface area contributed by atoms with Crippen LogP contribution in [0.5, 0.6) is 0 Å². The van der Waals surface area contributed by atoms with Crippen LogP contribution in [0, 0.1) is 27.7 Å². The van der Waals surface area contributed by atoms with E-state index in [-0.39, 0.29) is 0 Å². The first-order chi connectivity index (χ1) is 10.6. The number of fused-ring (bicyclic) bond motifs is 6. The van der Waals surface area contributed by atoms with Crippen LogP contribution in [0.15, 0.2) is 10.8 Å². The fraction of sp³-hybridized carbons (Fsp3) is 0.222. The Labute approximate surface area is 144 Å². The third-order valence-corrected chi connectivity index (χ3v) is 9.96. The molecule has 0 saturated carbocycles. The second-order valence-corrected chi connectivity index (χ2v) is 9.82. The average Bonchev–Trinajstić information content (AvgIpc) is 3.20. The second kappa shape index (κ2) is 4.32. The van der Waals surface area contributed by atoms with E-state index >= 15 is 0 Å². The van der Waals surface area contributed by atoms with Crippen molar-refractivity contribution in [1.29, 1.82) is 0 Å². The normalized spacial score (nSPS) is 12.5. The molecule has 4 heterocycles. The molecule has 0 spiro atoms. The molecular formula is C18H14S4. The molecule has 0 aliphatic carbocycles. The van der Waals surface area contributed by atoms with Gasteiger partial charge in [0.2, 0.25) is 0 Å². The van der Waals surface area contributed by atoms with E-state index in [1.165, 1.54) is 61.2 Å². The molecule has 4 aromatic heterocycles. The van der Waals surface area contributed by atoms with Gasteiger partial charge in [-0.2, -0.15) is 0 Å². The minimum Gasteiger partial charge on any atom is -0.142 e. The Balaban J connectivity index is 2.14. The molecule has 0 fully saturated rings. The van der Waals surface area contributed by atoms with E-state index in [2.05, 4.69) is 38.5 Å². The first kappa shape index (κ1) is 13.5. The summed E-state index contributed by atoms with van der Waals surface area (Å²) < 4.78 is 8.97. The van der Waals surface area contributed by atoms with E-state index in [9.17, 15) is 0 Å². The molecule has 0 nitrogen and oxygen atoms in total. The van der Waals surface area contributed by atoms with Crippen LogP contribution in [0.3, 0.4) is 0 Å². The third kappa shape index (κ3) is 1.47.